The number of nitrogens with zero attached hydrogens (tertiary/aromatic N) is 1. The molecule has 6 nitrogen and oxygen atoms in total. The van der Waals surface area contributed by atoms with E-state index in [1.54, 1.807) is 18.2 Å². The molecular weight excluding hydrogens is 429 g/mol. The van der Waals surface area contributed by atoms with Gasteiger partial charge in [-0.25, -0.2) is 12.6 Å². The van der Waals surface area contributed by atoms with Crippen molar-refractivity contribution >= 4 is 32.4 Å². The second kappa shape index (κ2) is 8.25. The fourth-order valence-electron chi connectivity index (χ4n) is 3.04. The molecule has 156 valence electrons. The zero-order chi connectivity index (χ0) is 21.2. The van der Waals surface area contributed by atoms with Gasteiger partial charge in [0.05, 0.1) is 4.90 Å². The van der Waals surface area contributed by atoms with Gasteiger partial charge in [-0.2, -0.15) is 17.5 Å². The number of hydrogen-bond acceptors (Lipinski definition) is 4. The van der Waals surface area contributed by atoms with Gasteiger partial charge in [0.25, 0.3) is 0 Å². The molecule has 1 amide bonds. The molecule has 11 heteroatoms. The summed E-state index contributed by atoms with van der Waals surface area (Å²) in [4.78, 5) is 12.3. The van der Waals surface area contributed by atoms with Crippen LogP contribution in [-0.4, -0.2) is 40.9 Å². The van der Waals surface area contributed by atoms with Crippen LogP contribution < -0.4 is 5.32 Å². The number of amides is 1. The van der Waals surface area contributed by atoms with Gasteiger partial charge in [-0.05, 0) is 49.2 Å². The molecule has 2 atom stereocenters. The maximum absolute atomic E-state index is 12.8. The van der Waals surface area contributed by atoms with Crippen molar-refractivity contribution in [2.75, 3.05) is 11.9 Å². The van der Waals surface area contributed by atoms with Crippen LogP contribution in [0.3, 0.4) is 0 Å². The molecule has 0 radical (unpaired) electrons. The molecule has 2 aromatic rings. The minimum Gasteiger partial charge on any atom is -0.325 e. The largest absolute Gasteiger partial charge is 0.475 e. The molecule has 0 saturated carbocycles. The third-order valence-corrected chi connectivity index (χ3v) is 7.45. The lowest BCUT2D eigenvalue weighted by atomic mass is 10.2. The van der Waals surface area contributed by atoms with Crippen molar-refractivity contribution in [3.63, 3.8) is 0 Å². The van der Waals surface area contributed by atoms with Gasteiger partial charge in [0, 0.05) is 17.1 Å². The molecule has 29 heavy (non-hydrogen) atoms. The van der Waals surface area contributed by atoms with Crippen LogP contribution in [-0.2, 0) is 25.6 Å². The van der Waals surface area contributed by atoms with Crippen molar-refractivity contribution in [1.82, 2.24) is 4.31 Å². The van der Waals surface area contributed by atoms with Crippen molar-refractivity contribution in [2.45, 2.75) is 34.2 Å². The van der Waals surface area contributed by atoms with Crippen molar-refractivity contribution in [3.05, 3.63) is 54.6 Å². The summed E-state index contributed by atoms with van der Waals surface area (Å²) in [5.41, 5.74) is -4.69. The number of carbonyl (C=O) groups is 1. The summed E-state index contributed by atoms with van der Waals surface area (Å²) >= 11 is 0. The monoisotopic (exact) mass is 446 g/mol. The predicted molar refractivity (Wildman–Crippen MR) is 101 cm³/mol. The van der Waals surface area contributed by atoms with Crippen LogP contribution >= 0.6 is 0 Å². The Labute approximate surface area is 168 Å². The van der Waals surface area contributed by atoms with E-state index < -0.39 is 43.2 Å². The van der Waals surface area contributed by atoms with E-state index in [9.17, 15) is 30.6 Å². The Hall–Kier alpha value is -2.24. The lowest BCUT2D eigenvalue weighted by Gasteiger charge is -2.23. The summed E-state index contributed by atoms with van der Waals surface area (Å²) in [7, 11) is -7.01. The number of halogens is 3. The first-order valence-corrected chi connectivity index (χ1v) is 11.2. The number of nitrogens with one attached hydrogen (secondary N) is 1. The van der Waals surface area contributed by atoms with E-state index in [0.29, 0.717) is 12.8 Å². The molecule has 0 aliphatic carbocycles. The van der Waals surface area contributed by atoms with Gasteiger partial charge >= 0.3 is 5.51 Å². The molecule has 1 aliphatic rings. The van der Waals surface area contributed by atoms with E-state index in [0.717, 1.165) is 16.4 Å². The number of carbonyl (C=O) groups excluding carboxylic acids is 1. The highest BCUT2D eigenvalue weighted by molar-refractivity contribution is 7.89. The van der Waals surface area contributed by atoms with Crippen molar-refractivity contribution in [2.24, 2.45) is 0 Å². The molecule has 0 spiro atoms. The van der Waals surface area contributed by atoms with E-state index in [2.05, 4.69) is 5.32 Å². The van der Waals surface area contributed by atoms with E-state index in [-0.39, 0.29) is 17.1 Å². The number of rotatable bonds is 5. The Morgan fingerprint density at radius 3 is 2.28 bits per heavy atom. The molecule has 3 rings (SSSR count). The standard InChI is InChI=1S/C18H17F3N2O4S2/c19-18(20,21)28(25)14-10-8-13(9-11-14)22-17(24)16-7-4-12-23(16)29(26,27)15-5-2-1-3-6-15/h1-3,5-6,8-11,16H,4,7,12H2,(H,22,24)/t16-,28+/m0/s1. The molecule has 0 unspecified atom stereocenters. The lowest BCUT2D eigenvalue weighted by Crippen LogP contribution is -2.43. The summed E-state index contributed by atoms with van der Waals surface area (Å²) < 4.78 is 75.6. The SMILES string of the molecule is O=C(Nc1ccc([S@@](=O)C(F)(F)F)cc1)[C@@H]1CCCN1S(=O)(=O)c1ccccc1. The third-order valence-electron chi connectivity index (χ3n) is 4.40. The zero-order valence-electron chi connectivity index (χ0n) is 14.9. The maximum Gasteiger partial charge on any atom is 0.475 e. The molecule has 0 bridgehead atoms. The van der Waals surface area contributed by atoms with Gasteiger partial charge in [-0.1, -0.05) is 18.2 Å². The summed E-state index contributed by atoms with van der Waals surface area (Å²) in [6.07, 6.45) is 0.835. The predicted octanol–water partition coefficient (Wildman–Crippen LogP) is 3.11. The van der Waals surface area contributed by atoms with Crippen LogP contribution in [0.2, 0.25) is 0 Å². The smallest absolute Gasteiger partial charge is 0.325 e. The second-order valence-electron chi connectivity index (χ2n) is 6.31. The van der Waals surface area contributed by atoms with Crippen LogP contribution in [0.15, 0.2) is 64.4 Å². The van der Waals surface area contributed by atoms with Crippen LogP contribution in [0.1, 0.15) is 12.8 Å². The van der Waals surface area contributed by atoms with Crippen LogP contribution in [0, 0.1) is 0 Å². The number of sulfonamides is 1. The lowest BCUT2D eigenvalue weighted by molar-refractivity contribution is -0.119. The third kappa shape index (κ3) is 4.68. The Balaban J connectivity index is 1.74. The fraction of sp³-hybridized carbons (Fsp3) is 0.278. The van der Waals surface area contributed by atoms with E-state index in [1.165, 1.54) is 24.3 Å². The molecule has 2 aromatic carbocycles. The average Bonchev–Trinajstić information content (AvgIpc) is 3.19. The number of alkyl halides is 3. The topological polar surface area (TPSA) is 83.6 Å². The van der Waals surface area contributed by atoms with Gasteiger partial charge in [-0.3, -0.25) is 4.79 Å². The first kappa shape index (κ1) is 21.5. The van der Waals surface area contributed by atoms with Crippen molar-refractivity contribution in [1.29, 1.82) is 0 Å². The Bertz CT molecular complexity index is 1010. The summed E-state index contributed by atoms with van der Waals surface area (Å²) in [6, 6.07) is 11.2. The van der Waals surface area contributed by atoms with Gasteiger partial charge in [-0.15, -0.1) is 0 Å². The van der Waals surface area contributed by atoms with Gasteiger partial charge in [0.2, 0.25) is 15.9 Å². The minimum atomic E-state index is -4.87. The highest BCUT2D eigenvalue weighted by Crippen LogP contribution is 2.29. The Morgan fingerprint density at radius 2 is 1.69 bits per heavy atom. The minimum absolute atomic E-state index is 0.0821. The highest BCUT2D eigenvalue weighted by Gasteiger charge is 2.40. The first-order chi connectivity index (χ1) is 13.6. The molecule has 1 fully saturated rings. The zero-order valence-corrected chi connectivity index (χ0v) is 16.6. The number of benzene rings is 2. The fourth-order valence-corrected chi connectivity index (χ4v) is 5.37. The van der Waals surface area contributed by atoms with Crippen LogP contribution in [0.25, 0.3) is 0 Å². The van der Waals surface area contributed by atoms with Crippen molar-refractivity contribution in [3.8, 4) is 0 Å². The summed E-state index contributed by atoms with van der Waals surface area (Å²) in [5, 5.41) is 2.52. The number of hydrogen-bond donors (Lipinski definition) is 1. The molecule has 1 N–H and O–H groups in total. The average molecular weight is 446 g/mol. The molecular formula is C18H17F3N2O4S2. The maximum atomic E-state index is 12.8. The first-order valence-electron chi connectivity index (χ1n) is 8.57. The van der Waals surface area contributed by atoms with Gasteiger partial charge < -0.3 is 5.32 Å². The Morgan fingerprint density at radius 1 is 1.07 bits per heavy atom. The number of anilines is 1. The quantitative estimate of drug-likeness (QED) is 0.765. The molecule has 0 aromatic heterocycles. The second-order valence-corrected chi connectivity index (χ2v) is 9.68. The van der Waals surface area contributed by atoms with Crippen molar-refractivity contribution < 1.29 is 30.6 Å². The van der Waals surface area contributed by atoms with E-state index >= 15 is 0 Å². The van der Waals surface area contributed by atoms with E-state index in [4.69, 9.17) is 0 Å². The molecule has 1 aliphatic heterocycles. The normalized spacial score (nSPS) is 19.1. The van der Waals surface area contributed by atoms with E-state index in [1.807, 2.05) is 0 Å². The molecule has 1 saturated heterocycles. The van der Waals surface area contributed by atoms with Gasteiger partial charge in [0.1, 0.15) is 6.04 Å². The van der Waals surface area contributed by atoms with Crippen LogP contribution in [0.4, 0.5) is 18.9 Å². The Kier molecular flexibility index (Phi) is 6.11. The van der Waals surface area contributed by atoms with Gasteiger partial charge in [0.15, 0.2) is 10.8 Å². The van der Waals surface area contributed by atoms with Crippen LogP contribution in [0.5, 0.6) is 0 Å². The highest BCUT2D eigenvalue weighted by atomic mass is 32.2. The summed E-state index contributed by atoms with van der Waals surface area (Å²) in [6.45, 7) is 0.193. The summed E-state index contributed by atoms with van der Waals surface area (Å²) in [5.74, 6) is -0.577. The molecule has 1 heterocycles.